The fourth-order valence-corrected chi connectivity index (χ4v) is 1.79. The van der Waals surface area contributed by atoms with Gasteiger partial charge in [-0.3, -0.25) is 9.89 Å². The first kappa shape index (κ1) is 11.2. The molecule has 5 heteroatoms. The van der Waals surface area contributed by atoms with Crippen molar-refractivity contribution in [3.05, 3.63) is 18.0 Å². The Morgan fingerprint density at radius 3 is 2.93 bits per heavy atom. The van der Waals surface area contributed by atoms with Crippen molar-refractivity contribution in [3.8, 4) is 0 Å². The largest absolute Gasteiger partial charge is 0.349 e. The quantitative estimate of drug-likeness (QED) is 0.809. The second-order valence-corrected chi connectivity index (χ2v) is 4.94. The molecule has 0 aliphatic rings. The number of hydrogen-bond donors (Lipinski definition) is 2. The Morgan fingerprint density at radius 1 is 1.71 bits per heavy atom. The van der Waals surface area contributed by atoms with Gasteiger partial charge in [-0.05, 0) is 13.3 Å². The minimum atomic E-state index is -0.0839. The molecule has 1 rings (SSSR count). The predicted octanol–water partition coefficient (Wildman–Crippen LogP) is 1.70. The summed E-state index contributed by atoms with van der Waals surface area (Å²) in [5.74, 6) is -0.0839. The highest BCUT2D eigenvalue weighted by Gasteiger charge is 2.11. The highest BCUT2D eigenvalue weighted by atomic mass is 79.9. The number of amides is 1. The van der Waals surface area contributed by atoms with E-state index >= 15 is 0 Å². The molecule has 0 radical (unpaired) electrons. The van der Waals surface area contributed by atoms with Gasteiger partial charge in [0.2, 0.25) is 0 Å². The third-order valence-electron chi connectivity index (χ3n) is 1.82. The van der Waals surface area contributed by atoms with Crippen molar-refractivity contribution in [3.63, 3.8) is 0 Å². The molecule has 78 valence electrons. The van der Waals surface area contributed by atoms with Gasteiger partial charge in [0.05, 0.1) is 11.8 Å². The second kappa shape index (κ2) is 5.14. The highest BCUT2D eigenvalue weighted by molar-refractivity contribution is 9.09. The molecule has 1 heterocycles. The molecule has 0 saturated heterocycles. The highest BCUT2D eigenvalue weighted by Crippen LogP contribution is 2.07. The third kappa shape index (κ3) is 3.49. The monoisotopic (exact) mass is 259 g/mol. The van der Waals surface area contributed by atoms with Crippen molar-refractivity contribution < 1.29 is 4.79 Å². The Bertz CT molecular complexity index is 284. The SMILES string of the molecule is CC(Br)CC(C)NC(=O)c1cn[nH]c1. The van der Waals surface area contributed by atoms with Crippen LogP contribution in [0.4, 0.5) is 0 Å². The zero-order valence-corrected chi connectivity index (χ0v) is 9.84. The van der Waals surface area contributed by atoms with Crippen LogP contribution < -0.4 is 5.32 Å². The Balaban J connectivity index is 2.41. The summed E-state index contributed by atoms with van der Waals surface area (Å²) < 4.78 is 0. The summed E-state index contributed by atoms with van der Waals surface area (Å²) >= 11 is 3.44. The van der Waals surface area contributed by atoms with Crippen molar-refractivity contribution >= 4 is 21.8 Å². The van der Waals surface area contributed by atoms with E-state index in [-0.39, 0.29) is 11.9 Å². The molecule has 1 aromatic rings. The molecule has 0 aromatic carbocycles. The molecule has 4 nitrogen and oxygen atoms in total. The van der Waals surface area contributed by atoms with Crippen molar-refractivity contribution in [2.45, 2.75) is 31.1 Å². The van der Waals surface area contributed by atoms with Crippen molar-refractivity contribution in [2.75, 3.05) is 0 Å². The normalized spacial score (nSPS) is 14.8. The van der Waals surface area contributed by atoms with Crippen LogP contribution in [0.25, 0.3) is 0 Å². The van der Waals surface area contributed by atoms with Crippen LogP contribution in [0.5, 0.6) is 0 Å². The lowest BCUT2D eigenvalue weighted by atomic mass is 10.2. The van der Waals surface area contributed by atoms with E-state index < -0.39 is 0 Å². The van der Waals surface area contributed by atoms with Gasteiger partial charge in [-0.1, -0.05) is 22.9 Å². The standard InChI is InChI=1S/C9H14BrN3O/c1-6(10)3-7(2)13-9(14)8-4-11-12-5-8/h4-7H,3H2,1-2H3,(H,11,12)(H,13,14). The van der Waals surface area contributed by atoms with Crippen molar-refractivity contribution in [2.24, 2.45) is 0 Å². The molecule has 14 heavy (non-hydrogen) atoms. The fourth-order valence-electron chi connectivity index (χ4n) is 1.23. The molecule has 0 spiro atoms. The summed E-state index contributed by atoms with van der Waals surface area (Å²) in [4.78, 5) is 11.9. The number of H-pyrrole nitrogens is 1. The molecule has 2 atom stereocenters. The lowest BCUT2D eigenvalue weighted by Crippen LogP contribution is -2.33. The number of carbonyl (C=O) groups excluding carboxylic acids is 1. The molecular weight excluding hydrogens is 246 g/mol. The van der Waals surface area contributed by atoms with Gasteiger partial charge < -0.3 is 5.32 Å². The number of aromatic amines is 1. The van der Waals surface area contributed by atoms with Crippen LogP contribution in [0.15, 0.2) is 12.4 Å². The van der Waals surface area contributed by atoms with E-state index in [0.29, 0.717) is 10.4 Å². The molecule has 0 aliphatic heterocycles. The van der Waals surface area contributed by atoms with E-state index in [9.17, 15) is 4.79 Å². The topological polar surface area (TPSA) is 57.8 Å². The summed E-state index contributed by atoms with van der Waals surface area (Å²) in [6, 6.07) is 0.159. The van der Waals surface area contributed by atoms with Crippen LogP contribution in [-0.4, -0.2) is 27.0 Å². The molecule has 2 N–H and O–H groups in total. The molecule has 0 fully saturated rings. The maximum atomic E-state index is 11.5. The number of rotatable bonds is 4. The second-order valence-electron chi connectivity index (χ2n) is 3.38. The number of nitrogens with one attached hydrogen (secondary N) is 2. The van der Waals surface area contributed by atoms with E-state index in [1.165, 1.54) is 6.20 Å². The van der Waals surface area contributed by atoms with Gasteiger partial charge in [0, 0.05) is 17.1 Å². The molecule has 0 aliphatic carbocycles. The Hall–Kier alpha value is -0.840. The lowest BCUT2D eigenvalue weighted by Gasteiger charge is -2.14. The van der Waals surface area contributed by atoms with E-state index in [2.05, 4.69) is 38.4 Å². The zero-order valence-electron chi connectivity index (χ0n) is 8.25. The van der Waals surface area contributed by atoms with Crippen LogP contribution in [0.1, 0.15) is 30.6 Å². The van der Waals surface area contributed by atoms with Crippen LogP contribution in [0.3, 0.4) is 0 Å². The van der Waals surface area contributed by atoms with Gasteiger partial charge in [0.25, 0.3) is 5.91 Å². The van der Waals surface area contributed by atoms with Gasteiger partial charge in [0.1, 0.15) is 0 Å². The smallest absolute Gasteiger partial charge is 0.254 e. The average molecular weight is 260 g/mol. The first-order chi connectivity index (χ1) is 6.59. The van der Waals surface area contributed by atoms with Gasteiger partial charge >= 0.3 is 0 Å². The maximum Gasteiger partial charge on any atom is 0.254 e. The van der Waals surface area contributed by atoms with Crippen LogP contribution in [0, 0.1) is 0 Å². The molecule has 1 aromatic heterocycles. The molecule has 0 saturated carbocycles. The first-order valence-corrected chi connectivity index (χ1v) is 5.45. The average Bonchev–Trinajstić information content (AvgIpc) is 2.53. The van der Waals surface area contributed by atoms with E-state index in [0.717, 1.165) is 6.42 Å². The first-order valence-electron chi connectivity index (χ1n) is 4.53. The minimum absolute atomic E-state index is 0.0839. The molecular formula is C9H14BrN3O. The molecule has 0 bridgehead atoms. The maximum absolute atomic E-state index is 11.5. The third-order valence-corrected chi connectivity index (χ3v) is 2.19. The van der Waals surface area contributed by atoms with Gasteiger partial charge in [-0.25, -0.2) is 0 Å². The summed E-state index contributed by atoms with van der Waals surface area (Å²) in [6.45, 7) is 4.04. The fraction of sp³-hybridized carbons (Fsp3) is 0.556. The van der Waals surface area contributed by atoms with E-state index in [1.807, 2.05) is 6.92 Å². The van der Waals surface area contributed by atoms with Gasteiger partial charge in [-0.15, -0.1) is 0 Å². The molecule has 2 unspecified atom stereocenters. The number of nitrogens with zero attached hydrogens (tertiary/aromatic N) is 1. The van der Waals surface area contributed by atoms with Crippen LogP contribution >= 0.6 is 15.9 Å². The summed E-state index contributed by atoms with van der Waals surface area (Å²) in [5.41, 5.74) is 0.569. The summed E-state index contributed by atoms with van der Waals surface area (Å²) in [5, 5.41) is 9.21. The van der Waals surface area contributed by atoms with Crippen molar-refractivity contribution in [1.82, 2.24) is 15.5 Å². The zero-order chi connectivity index (χ0) is 10.6. The van der Waals surface area contributed by atoms with Gasteiger partial charge in [-0.2, -0.15) is 5.10 Å². The summed E-state index contributed by atoms with van der Waals surface area (Å²) in [6.07, 6.45) is 4.00. The van der Waals surface area contributed by atoms with E-state index in [1.54, 1.807) is 6.20 Å². The van der Waals surface area contributed by atoms with Gasteiger partial charge in [0.15, 0.2) is 0 Å². The Morgan fingerprint density at radius 2 is 2.43 bits per heavy atom. The Labute approximate surface area is 91.6 Å². The summed E-state index contributed by atoms with van der Waals surface area (Å²) in [7, 11) is 0. The lowest BCUT2D eigenvalue weighted by molar-refractivity contribution is 0.0939. The number of alkyl halides is 1. The number of halogens is 1. The number of hydrogen-bond acceptors (Lipinski definition) is 2. The van der Waals surface area contributed by atoms with Crippen molar-refractivity contribution in [1.29, 1.82) is 0 Å². The molecule has 1 amide bonds. The number of aromatic nitrogens is 2. The predicted molar refractivity (Wildman–Crippen MR) is 58.5 cm³/mol. The Kier molecular flexibility index (Phi) is 4.13. The minimum Gasteiger partial charge on any atom is -0.349 e. The van der Waals surface area contributed by atoms with Crippen LogP contribution in [0.2, 0.25) is 0 Å². The number of carbonyl (C=O) groups is 1. The van der Waals surface area contributed by atoms with E-state index in [4.69, 9.17) is 0 Å². The van der Waals surface area contributed by atoms with Crippen LogP contribution in [-0.2, 0) is 0 Å².